The first kappa shape index (κ1) is 19.6. The van der Waals surface area contributed by atoms with E-state index in [2.05, 4.69) is 22.0 Å². The van der Waals surface area contributed by atoms with E-state index in [1.54, 1.807) is 35.2 Å². The highest BCUT2D eigenvalue weighted by atomic mass is 16.5. The summed E-state index contributed by atoms with van der Waals surface area (Å²) in [5.74, 6) is 0.531. The van der Waals surface area contributed by atoms with E-state index in [1.807, 2.05) is 0 Å². The summed E-state index contributed by atoms with van der Waals surface area (Å²) in [7, 11) is 1.34. The zero-order chi connectivity index (χ0) is 20.1. The summed E-state index contributed by atoms with van der Waals surface area (Å²) in [4.78, 5) is 16.4. The number of aliphatic hydroxyl groups is 1. The smallest absolute Gasteiger partial charge is 0.337 e. The maximum absolute atomic E-state index is 11.9. The van der Waals surface area contributed by atoms with Crippen LogP contribution in [0.2, 0.25) is 0 Å². The first-order valence-corrected chi connectivity index (χ1v) is 9.18. The summed E-state index contributed by atoms with van der Waals surface area (Å²) in [5, 5.41) is 18.2. The van der Waals surface area contributed by atoms with E-state index in [0.717, 1.165) is 31.1 Å². The van der Waals surface area contributed by atoms with Gasteiger partial charge in [0.2, 0.25) is 0 Å². The number of ether oxygens (including phenoxy) is 1. The Hall–Kier alpha value is -3.13. The van der Waals surface area contributed by atoms with Crippen LogP contribution in [-0.2, 0) is 4.74 Å². The van der Waals surface area contributed by atoms with Gasteiger partial charge in [0, 0.05) is 11.4 Å². The van der Waals surface area contributed by atoms with Crippen molar-refractivity contribution < 1.29 is 14.6 Å². The van der Waals surface area contributed by atoms with Crippen LogP contribution in [0.4, 0.5) is 0 Å². The Morgan fingerprint density at radius 2 is 2.18 bits per heavy atom. The highest BCUT2D eigenvalue weighted by Crippen LogP contribution is 2.20. The van der Waals surface area contributed by atoms with Gasteiger partial charge in [-0.1, -0.05) is 12.6 Å². The van der Waals surface area contributed by atoms with Crippen LogP contribution in [0.15, 0.2) is 54.1 Å². The summed E-state index contributed by atoms with van der Waals surface area (Å²) in [6, 6.07) is 5.42. The fraction of sp³-hybridized carbons (Fsp3) is 0.350. The summed E-state index contributed by atoms with van der Waals surface area (Å²) in [6.45, 7) is 3.99. The van der Waals surface area contributed by atoms with Crippen molar-refractivity contribution in [2.45, 2.75) is 37.8 Å². The number of hydrogen-bond donors (Lipinski definition) is 3. The number of allylic oxidation sites excluding steroid dienone is 1. The lowest BCUT2D eigenvalue weighted by molar-refractivity contribution is 0.0601. The third kappa shape index (κ3) is 4.40. The molecule has 3 rings (SSSR count). The van der Waals surface area contributed by atoms with Crippen molar-refractivity contribution >= 4 is 22.7 Å². The fourth-order valence-electron chi connectivity index (χ4n) is 3.31. The summed E-state index contributed by atoms with van der Waals surface area (Å²) >= 11 is 0. The average Bonchev–Trinajstić information content (AvgIpc) is 3.12. The van der Waals surface area contributed by atoms with E-state index < -0.39 is 5.97 Å². The number of nitrogens with one attached hydrogen (secondary N) is 1. The van der Waals surface area contributed by atoms with Crippen LogP contribution in [0.3, 0.4) is 0 Å². The van der Waals surface area contributed by atoms with Crippen molar-refractivity contribution in [2.24, 2.45) is 10.7 Å². The normalized spacial score (nSPS) is 20.4. The topological polar surface area (TPSA) is 115 Å². The van der Waals surface area contributed by atoms with Gasteiger partial charge >= 0.3 is 5.97 Å². The molecule has 1 aliphatic rings. The Balaban J connectivity index is 1.88. The number of benzene rings is 1. The minimum atomic E-state index is -0.423. The molecule has 1 aromatic carbocycles. The molecule has 0 aliphatic heterocycles. The van der Waals surface area contributed by atoms with E-state index in [0.29, 0.717) is 22.7 Å². The molecule has 1 aliphatic carbocycles. The molecule has 28 heavy (non-hydrogen) atoms. The molecule has 0 unspecified atom stereocenters. The van der Waals surface area contributed by atoms with Crippen LogP contribution < -0.4 is 11.1 Å². The van der Waals surface area contributed by atoms with Gasteiger partial charge in [0.1, 0.15) is 5.82 Å². The third-order valence-corrected chi connectivity index (χ3v) is 4.77. The van der Waals surface area contributed by atoms with Crippen molar-refractivity contribution in [3.8, 4) is 0 Å². The largest absolute Gasteiger partial charge is 0.465 e. The number of aliphatic hydroxyl groups excluding tert-OH is 1. The van der Waals surface area contributed by atoms with E-state index in [-0.39, 0.29) is 12.1 Å². The van der Waals surface area contributed by atoms with Crippen molar-refractivity contribution in [3.05, 3.63) is 54.6 Å². The van der Waals surface area contributed by atoms with Gasteiger partial charge in [-0.25, -0.2) is 14.5 Å². The van der Waals surface area contributed by atoms with E-state index >= 15 is 0 Å². The zero-order valence-electron chi connectivity index (χ0n) is 15.8. The molecule has 1 aromatic heterocycles. The third-order valence-electron chi connectivity index (χ3n) is 4.77. The molecule has 4 N–H and O–H groups in total. The molecule has 2 aromatic rings. The molecule has 0 bridgehead atoms. The first-order valence-electron chi connectivity index (χ1n) is 9.18. The number of carbonyl (C=O) groups excluding carboxylic acids is 1. The monoisotopic (exact) mass is 383 g/mol. The second-order valence-electron chi connectivity index (χ2n) is 6.75. The van der Waals surface area contributed by atoms with Gasteiger partial charge in [-0.05, 0) is 50.1 Å². The maximum Gasteiger partial charge on any atom is 0.337 e. The number of aliphatic imine (C=N–C) groups is 1. The number of nitrogens with two attached hydrogens (primary N) is 1. The Morgan fingerprint density at radius 3 is 2.86 bits per heavy atom. The van der Waals surface area contributed by atoms with Crippen LogP contribution >= 0.6 is 0 Å². The van der Waals surface area contributed by atoms with Crippen molar-refractivity contribution in [1.29, 1.82) is 0 Å². The van der Waals surface area contributed by atoms with E-state index in [4.69, 9.17) is 10.5 Å². The predicted octanol–water partition coefficient (Wildman–Crippen LogP) is 1.91. The number of esters is 1. The summed E-state index contributed by atoms with van der Waals surface area (Å²) < 4.78 is 6.39. The molecule has 1 fully saturated rings. The number of fused-ring (bicyclic) bond motifs is 1. The number of rotatable bonds is 5. The lowest BCUT2D eigenvalue weighted by atomic mass is 9.93. The van der Waals surface area contributed by atoms with Crippen LogP contribution in [0.1, 0.15) is 36.0 Å². The van der Waals surface area contributed by atoms with Crippen LogP contribution in [0.5, 0.6) is 0 Å². The molecule has 8 heteroatoms. The SMILES string of the molecule is C=C(N=C(/C=C\N)n1ncc2ccc(C(=O)OC)cc21)NC1CCC(O)CC1. The van der Waals surface area contributed by atoms with Gasteiger partial charge in [-0.15, -0.1) is 0 Å². The molecule has 0 spiro atoms. The number of hydrogen-bond acceptors (Lipinski definition) is 7. The van der Waals surface area contributed by atoms with Crippen molar-refractivity contribution in [2.75, 3.05) is 7.11 Å². The summed E-state index contributed by atoms with van der Waals surface area (Å²) in [5.41, 5.74) is 6.72. The van der Waals surface area contributed by atoms with Crippen molar-refractivity contribution in [3.63, 3.8) is 0 Å². The lowest BCUT2D eigenvalue weighted by Gasteiger charge is -2.26. The molecule has 0 radical (unpaired) electrons. The van der Waals surface area contributed by atoms with Gasteiger partial charge in [0.15, 0.2) is 5.84 Å². The van der Waals surface area contributed by atoms with Gasteiger partial charge in [0.25, 0.3) is 0 Å². The fourth-order valence-corrected chi connectivity index (χ4v) is 3.31. The van der Waals surface area contributed by atoms with E-state index in [9.17, 15) is 9.90 Å². The first-order chi connectivity index (χ1) is 13.5. The molecular weight excluding hydrogens is 358 g/mol. The Labute approximate surface area is 163 Å². The van der Waals surface area contributed by atoms with E-state index in [1.165, 1.54) is 13.3 Å². The Morgan fingerprint density at radius 1 is 1.43 bits per heavy atom. The number of carbonyl (C=O) groups is 1. The van der Waals surface area contributed by atoms with Crippen LogP contribution in [0.25, 0.3) is 10.9 Å². The molecule has 1 saturated carbocycles. The van der Waals surface area contributed by atoms with Crippen LogP contribution in [0, 0.1) is 0 Å². The summed E-state index contributed by atoms with van der Waals surface area (Å²) in [6.07, 6.45) is 7.74. The molecule has 0 amide bonds. The molecule has 0 atom stereocenters. The number of aromatic nitrogens is 2. The van der Waals surface area contributed by atoms with Gasteiger partial charge < -0.3 is 20.9 Å². The molecule has 1 heterocycles. The molecule has 8 nitrogen and oxygen atoms in total. The molecule has 0 saturated heterocycles. The average molecular weight is 383 g/mol. The number of methoxy groups -OCH3 is 1. The Kier molecular flexibility index (Phi) is 6.10. The minimum Gasteiger partial charge on any atom is -0.465 e. The predicted molar refractivity (Wildman–Crippen MR) is 108 cm³/mol. The highest BCUT2D eigenvalue weighted by Gasteiger charge is 2.19. The Bertz CT molecular complexity index is 923. The molecule has 148 valence electrons. The number of nitrogens with zero attached hydrogens (tertiary/aromatic N) is 3. The van der Waals surface area contributed by atoms with Gasteiger partial charge in [-0.3, -0.25) is 0 Å². The quantitative estimate of drug-likeness (QED) is 0.413. The highest BCUT2D eigenvalue weighted by molar-refractivity contribution is 6.02. The maximum atomic E-state index is 11.9. The second-order valence-corrected chi connectivity index (χ2v) is 6.75. The molecular formula is C20H25N5O3. The lowest BCUT2D eigenvalue weighted by Crippen LogP contribution is -2.33. The minimum absolute atomic E-state index is 0.218. The van der Waals surface area contributed by atoms with Crippen molar-refractivity contribution in [1.82, 2.24) is 15.1 Å². The van der Waals surface area contributed by atoms with Crippen LogP contribution in [-0.4, -0.2) is 45.9 Å². The van der Waals surface area contributed by atoms with Gasteiger partial charge in [0.05, 0.1) is 30.5 Å². The standard InChI is InChI=1S/C20H25N5O3/c1-13(23-16-5-7-17(26)8-6-16)24-19(9-10-21)25-18-11-14(20(27)28-2)3-4-15(18)12-22-25/h3-4,9-12,16-17,23,26H,1,5-8,21H2,2H3/b10-9-,24-19?. The van der Waals surface area contributed by atoms with Gasteiger partial charge in [-0.2, -0.15) is 5.10 Å². The second kappa shape index (κ2) is 8.71. The zero-order valence-corrected chi connectivity index (χ0v) is 15.8.